The van der Waals surface area contributed by atoms with Crippen LogP contribution in [0.2, 0.25) is 20.1 Å². The lowest BCUT2D eigenvalue weighted by Gasteiger charge is -2.15. The fraction of sp³-hybridized carbons (Fsp3) is 0.250. The molecule has 0 saturated heterocycles. The number of carbonyl (C=O) groups is 1. The van der Waals surface area contributed by atoms with Crippen LogP contribution in [-0.4, -0.2) is 20.7 Å². The molecule has 3 rings (SSSR count). The first-order chi connectivity index (χ1) is 14.3. The predicted octanol–water partition coefficient (Wildman–Crippen LogP) is 6.69. The molecular formula is C20H18Cl4N4OS. The van der Waals surface area contributed by atoms with E-state index in [9.17, 15) is 4.79 Å². The maximum atomic E-state index is 12.6. The summed E-state index contributed by atoms with van der Waals surface area (Å²) >= 11 is 25.6. The van der Waals surface area contributed by atoms with Crippen molar-refractivity contribution in [2.24, 2.45) is 0 Å². The van der Waals surface area contributed by atoms with Crippen molar-refractivity contribution < 1.29 is 4.79 Å². The molecule has 0 aliphatic rings. The summed E-state index contributed by atoms with van der Waals surface area (Å²) in [6.45, 7) is 4.51. The van der Waals surface area contributed by atoms with E-state index in [2.05, 4.69) is 15.5 Å². The highest BCUT2D eigenvalue weighted by Gasteiger charge is 2.21. The van der Waals surface area contributed by atoms with Gasteiger partial charge in [0.1, 0.15) is 0 Å². The van der Waals surface area contributed by atoms with Crippen LogP contribution in [-0.2, 0) is 12.3 Å². The zero-order valence-electron chi connectivity index (χ0n) is 16.1. The SMILES string of the molecule is CCn1c(SCc2ccc(Cl)c(Cl)c2)nnc1[C@H](C)NC(=O)c1ccc(Cl)cc1Cl. The van der Waals surface area contributed by atoms with Gasteiger partial charge in [0.2, 0.25) is 0 Å². The Labute approximate surface area is 199 Å². The van der Waals surface area contributed by atoms with Crippen molar-refractivity contribution in [1.29, 1.82) is 0 Å². The molecule has 0 saturated carbocycles. The van der Waals surface area contributed by atoms with E-state index in [1.54, 1.807) is 18.2 Å². The van der Waals surface area contributed by atoms with Gasteiger partial charge in [-0.3, -0.25) is 4.79 Å². The van der Waals surface area contributed by atoms with Crippen LogP contribution in [0.3, 0.4) is 0 Å². The van der Waals surface area contributed by atoms with Crippen LogP contribution < -0.4 is 5.32 Å². The second kappa shape index (κ2) is 10.2. The standard InChI is InChI=1S/C20H18Cl4N4OS/c1-3-28-18(11(2)25-19(29)14-6-5-13(21)9-16(14)23)26-27-20(28)30-10-12-4-7-15(22)17(24)8-12/h4-9,11H,3,10H2,1-2H3,(H,25,29)/t11-/m0/s1. The first kappa shape index (κ1) is 23.2. The van der Waals surface area contributed by atoms with Crippen molar-refractivity contribution in [3.8, 4) is 0 Å². The number of benzene rings is 2. The van der Waals surface area contributed by atoms with Crippen molar-refractivity contribution in [3.63, 3.8) is 0 Å². The zero-order chi connectivity index (χ0) is 21.8. The molecule has 0 aliphatic heterocycles. The van der Waals surface area contributed by atoms with Gasteiger partial charge in [0, 0.05) is 17.3 Å². The number of amides is 1. The highest BCUT2D eigenvalue weighted by atomic mass is 35.5. The van der Waals surface area contributed by atoms with E-state index < -0.39 is 0 Å². The molecule has 1 aromatic heterocycles. The average molecular weight is 504 g/mol. The Morgan fingerprint density at radius 2 is 1.83 bits per heavy atom. The summed E-state index contributed by atoms with van der Waals surface area (Å²) < 4.78 is 1.97. The highest BCUT2D eigenvalue weighted by Crippen LogP contribution is 2.28. The Balaban J connectivity index is 1.72. The van der Waals surface area contributed by atoms with Gasteiger partial charge in [-0.15, -0.1) is 10.2 Å². The van der Waals surface area contributed by atoms with Crippen molar-refractivity contribution in [2.45, 2.75) is 37.3 Å². The van der Waals surface area contributed by atoms with Gasteiger partial charge in [0.05, 0.1) is 26.7 Å². The van der Waals surface area contributed by atoms with Crippen LogP contribution in [0.15, 0.2) is 41.6 Å². The Hall–Kier alpha value is -1.44. The molecule has 1 heterocycles. The zero-order valence-corrected chi connectivity index (χ0v) is 20.0. The number of nitrogens with one attached hydrogen (secondary N) is 1. The van der Waals surface area contributed by atoms with Gasteiger partial charge < -0.3 is 9.88 Å². The molecule has 2 aromatic carbocycles. The normalized spacial score (nSPS) is 12.1. The Kier molecular flexibility index (Phi) is 7.93. The van der Waals surface area contributed by atoms with Crippen molar-refractivity contribution >= 4 is 64.1 Å². The van der Waals surface area contributed by atoms with Crippen LogP contribution >= 0.6 is 58.2 Å². The molecule has 1 atom stereocenters. The quantitative estimate of drug-likeness (QED) is 0.364. The number of hydrogen-bond acceptors (Lipinski definition) is 4. The lowest BCUT2D eigenvalue weighted by Crippen LogP contribution is -2.29. The average Bonchev–Trinajstić information content (AvgIpc) is 3.11. The summed E-state index contributed by atoms with van der Waals surface area (Å²) in [6.07, 6.45) is 0. The number of hydrogen-bond donors (Lipinski definition) is 1. The van der Waals surface area contributed by atoms with Gasteiger partial charge in [-0.25, -0.2) is 0 Å². The minimum Gasteiger partial charge on any atom is -0.342 e. The Morgan fingerprint density at radius 3 is 2.50 bits per heavy atom. The molecule has 3 aromatic rings. The minimum atomic E-state index is -0.365. The Bertz CT molecular complexity index is 1070. The largest absolute Gasteiger partial charge is 0.342 e. The first-order valence-corrected chi connectivity index (χ1v) is 11.6. The van der Waals surface area contributed by atoms with Crippen LogP contribution in [0.1, 0.15) is 41.6 Å². The van der Waals surface area contributed by atoms with Crippen LogP contribution in [0.5, 0.6) is 0 Å². The first-order valence-electron chi connectivity index (χ1n) is 9.05. The summed E-state index contributed by atoms with van der Waals surface area (Å²) in [5.74, 6) is 1.02. The monoisotopic (exact) mass is 502 g/mol. The number of rotatable bonds is 7. The fourth-order valence-corrected chi connectivity index (χ4v) is 4.58. The third-order valence-corrected chi connectivity index (χ3v) is 6.65. The van der Waals surface area contributed by atoms with Crippen molar-refractivity contribution in [2.75, 3.05) is 0 Å². The van der Waals surface area contributed by atoms with Crippen molar-refractivity contribution in [1.82, 2.24) is 20.1 Å². The molecule has 0 aliphatic carbocycles. The summed E-state index contributed by atoms with van der Waals surface area (Å²) in [6, 6.07) is 9.92. The van der Waals surface area contributed by atoms with E-state index in [-0.39, 0.29) is 11.9 Å². The molecule has 0 radical (unpaired) electrons. The number of nitrogens with zero attached hydrogens (tertiary/aromatic N) is 3. The van der Waals surface area contributed by atoms with Crippen LogP contribution in [0.25, 0.3) is 0 Å². The maximum Gasteiger partial charge on any atom is 0.253 e. The van der Waals surface area contributed by atoms with E-state index in [4.69, 9.17) is 46.4 Å². The number of aromatic nitrogens is 3. The topological polar surface area (TPSA) is 59.8 Å². The predicted molar refractivity (Wildman–Crippen MR) is 124 cm³/mol. The minimum absolute atomic E-state index is 0.294. The molecular weight excluding hydrogens is 486 g/mol. The lowest BCUT2D eigenvalue weighted by atomic mass is 10.2. The smallest absolute Gasteiger partial charge is 0.253 e. The summed E-state index contributed by atoms with van der Waals surface area (Å²) in [4.78, 5) is 12.6. The molecule has 1 amide bonds. The van der Waals surface area contributed by atoms with Gasteiger partial charge in [0.25, 0.3) is 5.91 Å². The van der Waals surface area contributed by atoms with Gasteiger partial charge in [-0.05, 0) is 49.7 Å². The van der Waals surface area contributed by atoms with Crippen molar-refractivity contribution in [3.05, 3.63) is 73.4 Å². The third-order valence-electron chi connectivity index (χ3n) is 4.32. The summed E-state index contributed by atoms with van der Waals surface area (Å²) in [7, 11) is 0. The molecule has 158 valence electrons. The Morgan fingerprint density at radius 1 is 1.07 bits per heavy atom. The number of carbonyl (C=O) groups excluding carboxylic acids is 1. The van der Waals surface area contributed by atoms with Gasteiger partial charge >= 0.3 is 0 Å². The van der Waals surface area contributed by atoms with Crippen LogP contribution in [0.4, 0.5) is 0 Å². The molecule has 0 unspecified atom stereocenters. The molecule has 10 heteroatoms. The van der Waals surface area contributed by atoms with E-state index in [0.717, 1.165) is 10.7 Å². The number of thioether (sulfide) groups is 1. The van der Waals surface area contributed by atoms with E-state index in [0.29, 0.717) is 43.8 Å². The second-order valence-corrected chi connectivity index (χ2v) is 9.04. The van der Waals surface area contributed by atoms with E-state index in [1.807, 2.05) is 30.5 Å². The molecule has 5 nitrogen and oxygen atoms in total. The third kappa shape index (κ3) is 5.42. The number of halogens is 4. The second-order valence-electron chi connectivity index (χ2n) is 6.44. The fourth-order valence-electron chi connectivity index (χ4n) is 2.81. The lowest BCUT2D eigenvalue weighted by molar-refractivity contribution is 0.0937. The van der Waals surface area contributed by atoms with Crippen LogP contribution in [0, 0.1) is 0 Å². The van der Waals surface area contributed by atoms with Gasteiger partial charge in [-0.1, -0.05) is 64.2 Å². The van der Waals surface area contributed by atoms with E-state index in [1.165, 1.54) is 17.8 Å². The maximum absolute atomic E-state index is 12.6. The molecule has 0 spiro atoms. The highest BCUT2D eigenvalue weighted by molar-refractivity contribution is 7.98. The molecule has 1 N–H and O–H groups in total. The van der Waals surface area contributed by atoms with Gasteiger partial charge in [-0.2, -0.15) is 0 Å². The molecule has 0 fully saturated rings. The van der Waals surface area contributed by atoms with Gasteiger partial charge in [0.15, 0.2) is 11.0 Å². The molecule has 30 heavy (non-hydrogen) atoms. The van der Waals surface area contributed by atoms with E-state index >= 15 is 0 Å². The molecule has 0 bridgehead atoms. The summed E-state index contributed by atoms with van der Waals surface area (Å²) in [5.41, 5.74) is 1.38. The summed E-state index contributed by atoms with van der Waals surface area (Å²) in [5, 5.41) is 14.1.